The molecule has 180 valence electrons. The average Bonchev–Trinajstić information content (AvgIpc) is 3.07. The van der Waals surface area contributed by atoms with Gasteiger partial charge in [-0.25, -0.2) is 8.42 Å². The van der Waals surface area contributed by atoms with Gasteiger partial charge in [0, 0.05) is 39.1 Å². The highest BCUT2D eigenvalue weighted by atomic mass is 32.2. The third-order valence-corrected chi connectivity index (χ3v) is 7.88. The van der Waals surface area contributed by atoms with E-state index in [0.29, 0.717) is 43.1 Å². The molecular weight excluding hydrogens is 460 g/mol. The van der Waals surface area contributed by atoms with Gasteiger partial charge in [-0.3, -0.25) is 19.3 Å². The summed E-state index contributed by atoms with van der Waals surface area (Å²) in [5, 5.41) is 2.65. The molecule has 2 heterocycles. The Morgan fingerprint density at radius 1 is 1.00 bits per heavy atom. The lowest BCUT2D eigenvalue weighted by Crippen LogP contribution is -2.47. The minimum Gasteiger partial charge on any atom is -0.495 e. The Labute approximate surface area is 198 Å². The molecule has 0 atom stereocenters. The number of piperazine rings is 1. The topological polar surface area (TPSA) is 116 Å². The molecule has 0 aliphatic carbocycles. The van der Waals surface area contributed by atoms with Crippen molar-refractivity contribution < 1.29 is 27.5 Å². The lowest BCUT2D eigenvalue weighted by atomic mass is 10.1. The summed E-state index contributed by atoms with van der Waals surface area (Å²) in [6.07, 6.45) is -0.149. The molecule has 1 fully saturated rings. The number of ether oxygens (including phenoxy) is 1. The highest BCUT2D eigenvalue weighted by molar-refractivity contribution is 7.89. The van der Waals surface area contributed by atoms with Gasteiger partial charge in [-0.2, -0.15) is 4.31 Å². The molecule has 0 aromatic heterocycles. The zero-order valence-electron chi connectivity index (χ0n) is 19.0. The Bertz CT molecular complexity index is 1200. The molecule has 11 heteroatoms. The number of methoxy groups -OCH3 is 1. The molecule has 2 aromatic carbocycles. The summed E-state index contributed by atoms with van der Waals surface area (Å²) in [5.74, 6) is -1.06. The molecular formula is C23H26N4O6S. The first-order valence-electron chi connectivity index (χ1n) is 10.8. The highest BCUT2D eigenvalue weighted by Crippen LogP contribution is 2.30. The molecule has 34 heavy (non-hydrogen) atoms. The van der Waals surface area contributed by atoms with E-state index in [2.05, 4.69) is 10.2 Å². The summed E-state index contributed by atoms with van der Waals surface area (Å²) >= 11 is 0. The van der Waals surface area contributed by atoms with Crippen molar-refractivity contribution >= 4 is 33.4 Å². The number of sulfonamides is 1. The second kappa shape index (κ2) is 9.53. The SMILES string of the molecule is COc1ccc(S(=O)(=O)N2CCN(C)CC2)cc1NC(=O)CCN1C(=O)c2ccccc2C1=O. The van der Waals surface area contributed by atoms with E-state index in [1.165, 1.54) is 29.6 Å². The Morgan fingerprint density at radius 3 is 2.21 bits per heavy atom. The number of imide groups is 1. The van der Waals surface area contributed by atoms with Crippen molar-refractivity contribution in [1.82, 2.24) is 14.1 Å². The third kappa shape index (κ3) is 4.54. The molecule has 0 radical (unpaired) electrons. The van der Waals surface area contributed by atoms with Crippen molar-refractivity contribution in [2.45, 2.75) is 11.3 Å². The largest absolute Gasteiger partial charge is 0.495 e. The number of likely N-dealkylation sites (N-methyl/N-ethyl adjacent to an activating group) is 1. The smallest absolute Gasteiger partial charge is 0.261 e. The number of carbonyl (C=O) groups is 3. The minimum absolute atomic E-state index is 0.0495. The number of amides is 3. The van der Waals surface area contributed by atoms with Gasteiger partial charge in [0.05, 0.1) is 28.8 Å². The van der Waals surface area contributed by atoms with Gasteiger partial charge in [-0.1, -0.05) is 12.1 Å². The van der Waals surface area contributed by atoms with Crippen LogP contribution in [0.25, 0.3) is 0 Å². The Hall–Kier alpha value is -3.28. The number of nitrogens with zero attached hydrogens (tertiary/aromatic N) is 3. The van der Waals surface area contributed by atoms with Crippen LogP contribution in [0, 0.1) is 0 Å². The van der Waals surface area contributed by atoms with E-state index < -0.39 is 27.7 Å². The van der Waals surface area contributed by atoms with Crippen LogP contribution in [0.3, 0.4) is 0 Å². The van der Waals surface area contributed by atoms with Crippen LogP contribution in [0.5, 0.6) is 5.75 Å². The van der Waals surface area contributed by atoms with Crippen LogP contribution in [0.2, 0.25) is 0 Å². The number of anilines is 1. The van der Waals surface area contributed by atoms with Crippen molar-refractivity contribution in [2.24, 2.45) is 0 Å². The summed E-state index contributed by atoms with van der Waals surface area (Å²) in [6, 6.07) is 10.8. The number of fused-ring (bicyclic) bond motifs is 1. The minimum atomic E-state index is -3.74. The van der Waals surface area contributed by atoms with Crippen molar-refractivity contribution in [3.05, 3.63) is 53.6 Å². The van der Waals surface area contributed by atoms with E-state index in [4.69, 9.17) is 4.74 Å². The molecule has 4 rings (SSSR count). The number of nitrogens with one attached hydrogen (secondary N) is 1. The Kier molecular flexibility index (Phi) is 6.69. The van der Waals surface area contributed by atoms with Gasteiger partial charge in [-0.05, 0) is 37.4 Å². The zero-order chi connectivity index (χ0) is 24.5. The summed E-state index contributed by atoms with van der Waals surface area (Å²) in [5.41, 5.74) is 0.831. The lowest BCUT2D eigenvalue weighted by molar-refractivity contribution is -0.116. The van der Waals surface area contributed by atoms with Gasteiger partial charge in [0.15, 0.2) is 0 Å². The van der Waals surface area contributed by atoms with Crippen molar-refractivity contribution in [1.29, 1.82) is 0 Å². The van der Waals surface area contributed by atoms with E-state index in [1.54, 1.807) is 24.3 Å². The van der Waals surface area contributed by atoms with Crippen LogP contribution < -0.4 is 10.1 Å². The average molecular weight is 487 g/mol. The van der Waals surface area contributed by atoms with Crippen molar-refractivity contribution in [2.75, 3.05) is 52.2 Å². The number of carbonyl (C=O) groups excluding carboxylic acids is 3. The predicted molar refractivity (Wildman–Crippen MR) is 124 cm³/mol. The standard InChI is InChI=1S/C23H26N4O6S/c1-25-11-13-26(14-12-25)34(31,32)16-7-8-20(33-2)19(15-16)24-21(28)9-10-27-22(29)17-5-3-4-6-18(17)23(27)30/h3-8,15H,9-14H2,1-2H3,(H,24,28). The van der Waals surface area contributed by atoms with Gasteiger partial charge in [-0.15, -0.1) is 0 Å². The van der Waals surface area contributed by atoms with Crippen LogP contribution in [0.1, 0.15) is 27.1 Å². The van der Waals surface area contributed by atoms with Crippen LogP contribution in [-0.4, -0.2) is 87.1 Å². The molecule has 0 spiro atoms. The number of benzene rings is 2. The van der Waals surface area contributed by atoms with Crippen molar-refractivity contribution in [3.63, 3.8) is 0 Å². The van der Waals surface area contributed by atoms with E-state index in [0.717, 1.165) is 4.90 Å². The molecule has 2 aliphatic heterocycles. The van der Waals surface area contributed by atoms with Crippen LogP contribution in [-0.2, 0) is 14.8 Å². The molecule has 2 aliphatic rings. The van der Waals surface area contributed by atoms with Crippen LogP contribution >= 0.6 is 0 Å². The quantitative estimate of drug-likeness (QED) is 0.586. The zero-order valence-corrected chi connectivity index (χ0v) is 19.8. The summed E-state index contributed by atoms with van der Waals surface area (Å²) < 4.78 is 32.9. The second-order valence-electron chi connectivity index (χ2n) is 8.18. The van der Waals surface area contributed by atoms with Gasteiger partial charge >= 0.3 is 0 Å². The normalized spacial score (nSPS) is 17.1. The molecule has 0 unspecified atom stereocenters. The van der Waals surface area contributed by atoms with E-state index >= 15 is 0 Å². The second-order valence-corrected chi connectivity index (χ2v) is 10.1. The van der Waals surface area contributed by atoms with Gasteiger partial charge in [0.2, 0.25) is 15.9 Å². The summed E-state index contributed by atoms with van der Waals surface area (Å²) in [7, 11) is -0.384. The van der Waals surface area contributed by atoms with Crippen molar-refractivity contribution in [3.8, 4) is 5.75 Å². The van der Waals surface area contributed by atoms with Gasteiger partial charge < -0.3 is 15.0 Å². The van der Waals surface area contributed by atoms with Crippen LogP contribution in [0.4, 0.5) is 5.69 Å². The van der Waals surface area contributed by atoms with Gasteiger partial charge in [0.1, 0.15) is 5.75 Å². The fourth-order valence-electron chi connectivity index (χ4n) is 3.99. The number of hydrogen-bond donors (Lipinski definition) is 1. The molecule has 3 amide bonds. The molecule has 0 bridgehead atoms. The molecule has 2 aromatic rings. The maximum absolute atomic E-state index is 13.1. The first kappa shape index (κ1) is 23.9. The van der Waals surface area contributed by atoms with E-state index in [9.17, 15) is 22.8 Å². The number of rotatable bonds is 7. The predicted octanol–water partition coefficient (Wildman–Crippen LogP) is 1.26. The summed E-state index contributed by atoms with van der Waals surface area (Å²) in [4.78, 5) is 40.7. The fourth-order valence-corrected chi connectivity index (χ4v) is 5.44. The van der Waals surface area contributed by atoms with E-state index in [1.807, 2.05) is 7.05 Å². The Morgan fingerprint density at radius 2 is 1.62 bits per heavy atom. The molecule has 10 nitrogen and oxygen atoms in total. The summed E-state index contributed by atoms with van der Waals surface area (Å²) in [6.45, 7) is 1.94. The third-order valence-electron chi connectivity index (χ3n) is 5.99. The van der Waals surface area contributed by atoms with Gasteiger partial charge in [0.25, 0.3) is 11.8 Å². The first-order valence-corrected chi connectivity index (χ1v) is 12.3. The Balaban J connectivity index is 1.45. The van der Waals surface area contributed by atoms with Crippen LogP contribution in [0.15, 0.2) is 47.4 Å². The molecule has 1 saturated heterocycles. The monoisotopic (exact) mass is 486 g/mol. The lowest BCUT2D eigenvalue weighted by Gasteiger charge is -2.31. The number of hydrogen-bond acceptors (Lipinski definition) is 7. The first-order chi connectivity index (χ1) is 16.2. The highest BCUT2D eigenvalue weighted by Gasteiger charge is 2.35. The maximum Gasteiger partial charge on any atom is 0.261 e. The maximum atomic E-state index is 13.1. The fraction of sp³-hybridized carbons (Fsp3) is 0.348. The van der Waals surface area contributed by atoms with E-state index in [-0.39, 0.29) is 23.5 Å². The molecule has 0 saturated carbocycles. The molecule has 1 N–H and O–H groups in total.